The standard InChI is InChI=1S/C7H13F3N2O2/c1-5(13)4-11-2-3-12-6(14)7(8,9)10/h5,11,13H,2-4H2,1H3,(H,12,14). The number of carbonyl (C=O) groups is 1. The van der Waals surface area contributed by atoms with Crippen molar-refractivity contribution < 1.29 is 23.1 Å². The summed E-state index contributed by atoms with van der Waals surface area (Å²) in [6.07, 6.45) is -5.39. The molecule has 0 aliphatic heterocycles. The van der Waals surface area contributed by atoms with Gasteiger partial charge in [-0.3, -0.25) is 4.79 Å². The van der Waals surface area contributed by atoms with E-state index >= 15 is 0 Å². The van der Waals surface area contributed by atoms with Crippen LogP contribution >= 0.6 is 0 Å². The number of rotatable bonds is 5. The minimum Gasteiger partial charge on any atom is -0.392 e. The fourth-order valence-electron chi connectivity index (χ4n) is 0.676. The molecule has 3 N–H and O–H groups in total. The molecule has 0 radical (unpaired) electrons. The van der Waals surface area contributed by atoms with Crippen molar-refractivity contribution in [1.82, 2.24) is 10.6 Å². The van der Waals surface area contributed by atoms with E-state index in [1.807, 2.05) is 0 Å². The van der Waals surface area contributed by atoms with Crippen molar-refractivity contribution in [1.29, 1.82) is 0 Å². The van der Waals surface area contributed by atoms with E-state index < -0.39 is 18.2 Å². The molecule has 0 saturated carbocycles. The van der Waals surface area contributed by atoms with Crippen molar-refractivity contribution in [2.75, 3.05) is 19.6 Å². The van der Waals surface area contributed by atoms with E-state index in [4.69, 9.17) is 5.11 Å². The van der Waals surface area contributed by atoms with Crippen molar-refractivity contribution >= 4 is 5.91 Å². The van der Waals surface area contributed by atoms with Gasteiger partial charge in [0.15, 0.2) is 0 Å². The normalized spacial score (nSPS) is 13.8. The first-order valence-electron chi connectivity index (χ1n) is 4.08. The fraction of sp³-hybridized carbons (Fsp3) is 0.857. The topological polar surface area (TPSA) is 61.4 Å². The lowest BCUT2D eigenvalue weighted by molar-refractivity contribution is -0.173. The van der Waals surface area contributed by atoms with Gasteiger partial charge in [-0.25, -0.2) is 0 Å². The molecule has 0 rings (SSSR count). The molecule has 1 amide bonds. The number of hydrogen-bond donors (Lipinski definition) is 3. The summed E-state index contributed by atoms with van der Waals surface area (Å²) in [6.45, 7) is 1.89. The monoisotopic (exact) mass is 214 g/mol. The van der Waals surface area contributed by atoms with Crippen molar-refractivity contribution in [2.45, 2.75) is 19.2 Å². The van der Waals surface area contributed by atoms with Gasteiger partial charge in [0.1, 0.15) is 0 Å². The Labute approximate surface area is 79.5 Å². The number of aliphatic hydroxyl groups excluding tert-OH is 1. The molecule has 1 atom stereocenters. The van der Waals surface area contributed by atoms with E-state index in [1.165, 1.54) is 0 Å². The van der Waals surface area contributed by atoms with Gasteiger partial charge in [0, 0.05) is 19.6 Å². The summed E-state index contributed by atoms with van der Waals surface area (Å²) in [5.41, 5.74) is 0. The van der Waals surface area contributed by atoms with Gasteiger partial charge in [-0.1, -0.05) is 0 Å². The Bertz CT molecular complexity index is 182. The highest BCUT2D eigenvalue weighted by molar-refractivity contribution is 5.81. The molecule has 0 aromatic rings. The zero-order valence-corrected chi connectivity index (χ0v) is 7.69. The van der Waals surface area contributed by atoms with Gasteiger partial charge >= 0.3 is 12.1 Å². The molecule has 0 aliphatic rings. The van der Waals surface area contributed by atoms with Gasteiger partial charge in [-0.15, -0.1) is 0 Å². The van der Waals surface area contributed by atoms with Gasteiger partial charge < -0.3 is 15.7 Å². The lowest BCUT2D eigenvalue weighted by Gasteiger charge is -2.09. The maximum atomic E-state index is 11.6. The van der Waals surface area contributed by atoms with Crippen LogP contribution in [0.25, 0.3) is 0 Å². The van der Waals surface area contributed by atoms with E-state index in [-0.39, 0.29) is 19.6 Å². The average Bonchev–Trinajstić information content (AvgIpc) is 2.01. The largest absolute Gasteiger partial charge is 0.471 e. The maximum absolute atomic E-state index is 11.6. The highest BCUT2D eigenvalue weighted by Gasteiger charge is 2.38. The highest BCUT2D eigenvalue weighted by atomic mass is 19.4. The lowest BCUT2D eigenvalue weighted by atomic mass is 10.4. The molecule has 0 aromatic heterocycles. The second-order valence-corrected chi connectivity index (χ2v) is 2.81. The summed E-state index contributed by atoms with van der Waals surface area (Å²) in [6, 6.07) is 0. The predicted octanol–water partition coefficient (Wildman–Crippen LogP) is -0.365. The molecule has 4 nitrogen and oxygen atoms in total. The van der Waals surface area contributed by atoms with Crippen molar-refractivity contribution in [3.63, 3.8) is 0 Å². The summed E-state index contributed by atoms with van der Waals surface area (Å²) in [5, 5.41) is 13.1. The first-order chi connectivity index (χ1) is 6.34. The second kappa shape index (κ2) is 5.82. The number of hydrogen-bond acceptors (Lipinski definition) is 3. The van der Waals surface area contributed by atoms with Crippen LogP contribution < -0.4 is 10.6 Å². The van der Waals surface area contributed by atoms with Crippen molar-refractivity contribution in [3.05, 3.63) is 0 Å². The van der Waals surface area contributed by atoms with Gasteiger partial charge in [0.25, 0.3) is 0 Å². The Balaban J connectivity index is 3.42. The molecule has 0 fully saturated rings. The smallest absolute Gasteiger partial charge is 0.392 e. The molecule has 0 heterocycles. The zero-order valence-electron chi connectivity index (χ0n) is 7.69. The fourth-order valence-corrected chi connectivity index (χ4v) is 0.676. The van der Waals surface area contributed by atoms with Crippen LogP contribution in [0.1, 0.15) is 6.92 Å². The number of carbonyl (C=O) groups excluding carboxylic acids is 1. The van der Waals surface area contributed by atoms with Crippen LogP contribution in [0, 0.1) is 0 Å². The zero-order chi connectivity index (χ0) is 11.2. The van der Waals surface area contributed by atoms with Crippen LogP contribution in [0.5, 0.6) is 0 Å². The first-order valence-corrected chi connectivity index (χ1v) is 4.08. The Morgan fingerprint density at radius 2 is 2.00 bits per heavy atom. The molecular formula is C7H13F3N2O2. The summed E-state index contributed by atoms with van der Waals surface area (Å²) >= 11 is 0. The van der Waals surface area contributed by atoms with Crippen molar-refractivity contribution in [3.8, 4) is 0 Å². The van der Waals surface area contributed by atoms with Gasteiger partial charge in [0.2, 0.25) is 0 Å². The van der Waals surface area contributed by atoms with Crippen LogP contribution in [0.2, 0.25) is 0 Å². The Hall–Kier alpha value is -0.820. The van der Waals surface area contributed by atoms with Gasteiger partial charge in [0.05, 0.1) is 6.10 Å². The lowest BCUT2D eigenvalue weighted by Crippen LogP contribution is -2.41. The number of alkyl halides is 3. The molecule has 84 valence electrons. The Kier molecular flexibility index (Phi) is 5.47. The molecule has 0 spiro atoms. The summed E-state index contributed by atoms with van der Waals surface area (Å²) in [7, 11) is 0. The maximum Gasteiger partial charge on any atom is 0.471 e. The molecule has 0 aromatic carbocycles. The summed E-state index contributed by atoms with van der Waals surface area (Å²) < 4.78 is 34.8. The van der Waals surface area contributed by atoms with Crippen LogP contribution in [0.15, 0.2) is 0 Å². The SMILES string of the molecule is CC(O)CNCCNC(=O)C(F)(F)F. The number of aliphatic hydroxyl groups is 1. The van der Waals surface area contributed by atoms with E-state index in [0.29, 0.717) is 0 Å². The minimum absolute atomic E-state index is 0.120. The molecule has 1 unspecified atom stereocenters. The third kappa shape index (κ3) is 6.67. The van der Waals surface area contributed by atoms with E-state index in [2.05, 4.69) is 5.32 Å². The minimum atomic E-state index is -4.83. The highest BCUT2D eigenvalue weighted by Crippen LogP contribution is 2.13. The third-order valence-corrected chi connectivity index (χ3v) is 1.28. The Morgan fingerprint density at radius 1 is 1.43 bits per heavy atom. The average molecular weight is 214 g/mol. The molecule has 7 heteroatoms. The molecular weight excluding hydrogens is 201 g/mol. The van der Waals surface area contributed by atoms with Crippen LogP contribution in [-0.2, 0) is 4.79 Å². The number of nitrogens with one attached hydrogen (secondary N) is 2. The van der Waals surface area contributed by atoms with E-state index in [1.54, 1.807) is 12.2 Å². The van der Waals surface area contributed by atoms with Gasteiger partial charge in [-0.2, -0.15) is 13.2 Å². The molecule has 14 heavy (non-hydrogen) atoms. The molecule has 0 bridgehead atoms. The number of amides is 1. The van der Waals surface area contributed by atoms with Crippen LogP contribution in [0.4, 0.5) is 13.2 Å². The van der Waals surface area contributed by atoms with Crippen LogP contribution in [0.3, 0.4) is 0 Å². The molecule has 0 aliphatic carbocycles. The summed E-state index contributed by atoms with van der Waals surface area (Å²) in [4.78, 5) is 10.2. The van der Waals surface area contributed by atoms with E-state index in [0.717, 1.165) is 0 Å². The summed E-state index contributed by atoms with van der Waals surface area (Å²) in [5.74, 6) is -1.95. The molecule has 0 saturated heterocycles. The predicted molar refractivity (Wildman–Crippen MR) is 43.6 cm³/mol. The third-order valence-electron chi connectivity index (χ3n) is 1.28. The quantitative estimate of drug-likeness (QED) is 0.547. The van der Waals surface area contributed by atoms with Crippen LogP contribution in [-0.4, -0.2) is 42.9 Å². The van der Waals surface area contributed by atoms with Crippen molar-refractivity contribution in [2.24, 2.45) is 0 Å². The number of halogens is 3. The van der Waals surface area contributed by atoms with Gasteiger partial charge in [-0.05, 0) is 6.92 Å². The second-order valence-electron chi connectivity index (χ2n) is 2.81. The van der Waals surface area contributed by atoms with E-state index in [9.17, 15) is 18.0 Å². The first kappa shape index (κ1) is 13.2. The Morgan fingerprint density at radius 3 is 2.43 bits per heavy atom.